The summed E-state index contributed by atoms with van der Waals surface area (Å²) in [7, 11) is 0. The highest BCUT2D eigenvalue weighted by molar-refractivity contribution is 5.93. The van der Waals surface area contributed by atoms with E-state index < -0.39 is 0 Å². The molecule has 0 saturated carbocycles. The largest absolute Gasteiger partial charge is 0.381 e. The highest BCUT2D eigenvalue weighted by Gasteiger charge is 2.47. The molecule has 2 saturated heterocycles. The van der Waals surface area contributed by atoms with Gasteiger partial charge in [0.1, 0.15) is 11.5 Å². The molecule has 2 fully saturated rings. The van der Waals surface area contributed by atoms with E-state index in [4.69, 9.17) is 10.5 Å². The normalized spacial score (nSPS) is 31.5. The van der Waals surface area contributed by atoms with Crippen LogP contribution in [0.3, 0.4) is 0 Å². The first-order valence-corrected chi connectivity index (χ1v) is 8.38. The molecule has 6 heteroatoms. The zero-order chi connectivity index (χ0) is 15.2. The number of imidazole rings is 1. The second kappa shape index (κ2) is 5.35. The van der Waals surface area contributed by atoms with Gasteiger partial charge in [-0.2, -0.15) is 0 Å². The van der Waals surface area contributed by atoms with Crippen LogP contribution in [0.1, 0.15) is 42.0 Å². The van der Waals surface area contributed by atoms with Crippen LogP contribution in [-0.2, 0) is 17.7 Å². The van der Waals surface area contributed by atoms with Gasteiger partial charge in [0.05, 0.1) is 12.8 Å². The predicted octanol–water partition coefficient (Wildman–Crippen LogP) is 0.799. The fourth-order valence-electron chi connectivity index (χ4n) is 4.07. The van der Waals surface area contributed by atoms with Crippen LogP contribution in [0.2, 0.25) is 0 Å². The van der Waals surface area contributed by atoms with E-state index in [0.717, 1.165) is 37.3 Å². The summed E-state index contributed by atoms with van der Waals surface area (Å²) in [5, 5.41) is 0. The van der Waals surface area contributed by atoms with Crippen LogP contribution in [0, 0.1) is 5.92 Å². The zero-order valence-electron chi connectivity index (χ0n) is 13.0. The molecule has 0 radical (unpaired) electrons. The van der Waals surface area contributed by atoms with Gasteiger partial charge in [0.15, 0.2) is 0 Å². The summed E-state index contributed by atoms with van der Waals surface area (Å²) in [5.74, 6) is 1.40. The molecule has 3 aliphatic rings. The lowest BCUT2D eigenvalue weighted by Gasteiger charge is -2.34. The molecule has 4 rings (SSSR count). The van der Waals surface area contributed by atoms with Gasteiger partial charge in [0, 0.05) is 44.1 Å². The number of nitrogens with zero attached hydrogens (tertiary/aromatic N) is 3. The van der Waals surface area contributed by atoms with E-state index in [1.54, 1.807) is 6.20 Å². The van der Waals surface area contributed by atoms with Crippen molar-refractivity contribution >= 4 is 5.91 Å². The highest BCUT2D eigenvalue weighted by atomic mass is 16.5. The summed E-state index contributed by atoms with van der Waals surface area (Å²) < 4.78 is 7.66. The number of hydrogen-bond donors (Lipinski definition) is 1. The third-order valence-corrected chi connectivity index (χ3v) is 5.50. The second-order valence-electron chi connectivity index (χ2n) is 6.96. The summed E-state index contributed by atoms with van der Waals surface area (Å²) in [6.07, 6.45) is 7.08. The number of likely N-dealkylation sites (tertiary alicyclic amines) is 1. The molecule has 6 nitrogen and oxygen atoms in total. The maximum atomic E-state index is 12.9. The average molecular weight is 304 g/mol. The maximum Gasteiger partial charge on any atom is 0.272 e. The van der Waals surface area contributed by atoms with Gasteiger partial charge >= 0.3 is 0 Å². The van der Waals surface area contributed by atoms with Crippen LogP contribution < -0.4 is 5.73 Å². The van der Waals surface area contributed by atoms with E-state index in [1.165, 1.54) is 12.8 Å². The number of hydrogen-bond acceptors (Lipinski definition) is 4. The van der Waals surface area contributed by atoms with Gasteiger partial charge in [0.2, 0.25) is 0 Å². The first-order valence-electron chi connectivity index (χ1n) is 8.38. The Morgan fingerprint density at radius 3 is 3.18 bits per heavy atom. The Morgan fingerprint density at radius 2 is 2.32 bits per heavy atom. The standard InChI is InChI=1S/C16H24N4O2/c17-16-5-7-22-10-12(16)9-19(11-16)15(21)13-8-18-14-4-2-1-3-6-20(13)14/h8,12H,1-7,9-11,17H2/t12-,16+/m0/s1. The van der Waals surface area contributed by atoms with Crippen LogP contribution >= 0.6 is 0 Å². The topological polar surface area (TPSA) is 73.4 Å². The molecule has 0 aromatic carbocycles. The summed E-state index contributed by atoms with van der Waals surface area (Å²) in [6, 6.07) is 0. The number of ether oxygens (including phenoxy) is 1. The van der Waals surface area contributed by atoms with Gasteiger partial charge in [-0.05, 0) is 19.3 Å². The minimum Gasteiger partial charge on any atom is -0.381 e. The molecule has 120 valence electrons. The number of nitrogens with two attached hydrogens (primary N) is 1. The van der Waals surface area contributed by atoms with E-state index in [0.29, 0.717) is 26.3 Å². The van der Waals surface area contributed by atoms with Gasteiger partial charge in [-0.25, -0.2) is 4.98 Å². The molecular weight excluding hydrogens is 280 g/mol. The summed E-state index contributed by atoms with van der Waals surface area (Å²) in [5.41, 5.74) is 6.98. The van der Waals surface area contributed by atoms with Crippen molar-refractivity contribution in [1.82, 2.24) is 14.5 Å². The Labute approximate surface area is 130 Å². The summed E-state index contributed by atoms with van der Waals surface area (Å²) in [4.78, 5) is 19.3. The molecule has 0 spiro atoms. The monoisotopic (exact) mass is 304 g/mol. The average Bonchev–Trinajstić information content (AvgIpc) is 2.99. The lowest BCUT2D eigenvalue weighted by molar-refractivity contribution is 0.0241. The van der Waals surface area contributed by atoms with Crippen molar-refractivity contribution in [2.75, 3.05) is 26.3 Å². The summed E-state index contributed by atoms with van der Waals surface area (Å²) >= 11 is 0. The van der Waals surface area contributed by atoms with Gasteiger partial charge in [-0.3, -0.25) is 4.79 Å². The van der Waals surface area contributed by atoms with Gasteiger partial charge < -0.3 is 19.9 Å². The predicted molar refractivity (Wildman–Crippen MR) is 81.5 cm³/mol. The molecule has 1 aromatic rings. The van der Waals surface area contributed by atoms with E-state index in [2.05, 4.69) is 9.55 Å². The smallest absolute Gasteiger partial charge is 0.272 e. The molecule has 0 unspecified atom stereocenters. The Balaban J connectivity index is 1.57. The van der Waals surface area contributed by atoms with Gasteiger partial charge in [-0.1, -0.05) is 6.42 Å². The molecule has 0 aliphatic carbocycles. The minimum absolute atomic E-state index is 0.0832. The number of aromatic nitrogens is 2. The van der Waals surface area contributed by atoms with Crippen molar-refractivity contribution in [3.63, 3.8) is 0 Å². The van der Waals surface area contributed by atoms with Gasteiger partial charge in [-0.15, -0.1) is 0 Å². The van der Waals surface area contributed by atoms with Gasteiger partial charge in [0.25, 0.3) is 5.91 Å². The van der Waals surface area contributed by atoms with E-state index in [-0.39, 0.29) is 17.4 Å². The number of amides is 1. The van der Waals surface area contributed by atoms with Crippen molar-refractivity contribution in [3.05, 3.63) is 17.7 Å². The third-order valence-electron chi connectivity index (χ3n) is 5.50. The van der Waals surface area contributed by atoms with Crippen LogP contribution in [-0.4, -0.2) is 52.2 Å². The van der Waals surface area contributed by atoms with Crippen molar-refractivity contribution < 1.29 is 9.53 Å². The van der Waals surface area contributed by atoms with Crippen LogP contribution in [0.25, 0.3) is 0 Å². The van der Waals surface area contributed by atoms with Crippen LogP contribution in [0.4, 0.5) is 0 Å². The zero-order valence-corrected chi connectivity index (χ0v) is 13.0. The van der Waals surface area contributed by atoms with E-state index >= 15 is 0 Å². The molecule has 1 aromatic heterocycles. The Morgan fingerprint density at radius 1 is 1.41 bits per heavy atom. The number of rotatable bonds is 1. The maximum absolute atomic E-state index is 12.9. The van der Waals surface area contributed by atoms with E-state index in [9.17, 15) is 4.79 Å². The second-order valence-corrected chi connectivity index (χ2v) is 6.96. The number of aryl methyl sites for hydroxylation is 1. The first-order chi connectivity index (χ1) is 10.7. The van der Waals surface area contributed by atoms with Crippen molar-refractivity contribution in [2.45, 2.75) is 44.2 Å². The molecular formula is C16H24N4O2. The molecule has 0 bridgehead atoms. The third kappa shape index (κ3) is 2.25. The molecule has 1 amide bonds. The Bertz CT molecular complexity index is 585. The fraction of sp³-hybridized carbons (Fsp3) is 0.750. The minimum atomic E-state index is -0.268. The molecule has 2 N–H and O–H groups in total. The molecule has 22 heavy (non-hydrogen) atoms. The molecule has 4 heterocycles. The molecule has 2 atom stereocenters. The number of carbonyl (C=O) groups excluding carboxylic acids is 1. The first kappa shape index (κ1) is 14.2. The SMILES string of the molecule is N[C@@]12CCOC[C@@H]1CN(C(=O)c1cnc3n1CCCCC3)C2. The van der Waals surface area contributed by atoms with Crippen molar-refractivity contribution in [3.8, 4) is 0 Å². The Kier molecular flexibility index (Phi) is 3.46. The van der Waals surface area contributed by atoms with Crippen LogP contribution in [0.5, 0.6) is 0 Å². The van der Waals surface area contributed by atoms with Crippen LogP contribution in [0.15, 0.2) is 6.20 Å². The number of carbonyl (C=O) groups is 1. The Hall–Kier alpha value is -1.40. The fourth-order valence-corrected chi connectivity index (χ4v) is 4.07. The molecule has 3 aliphatic heterocycles. The highest BCUT2D eigenvalue weighted by Crippen LogP contribution is 2.33. The summed E-state index contributed by atoms with van der Waals surface area (Å²) in [6.45, 7) is 3.63. The van der Waals surface area contributed by atoms with Crippen molar-refractivity contribution in [1.29, 1.82) is 0 Å². The quantitative estimate of drug-likeness (QED) is 0.833. The van der Waals surface area contributed by atoms with Crippen molar-refractivity contribution in [2.24, 2.45) is 11.7 Å². The lowest BCUT2D eigenvalue weighted by Crippen LogP contribution is -2.52. The lowest BCUT2D eigenvalue weighted by atomic mass is 9.84. The number of fused-ring (bicyclic) bond motifs is 2. The van der Waals surface area contributed by atoms with E-state index in [1.807, 2.05) is 4.90 Å².